The summed E-state index contributed by atoms with van der Waals surface area (Å²) in [7, 11) is 0. The summed E-state index contributed by atoms with van der Waals surface area (Å²) in [6, 6.07) is 9.25. The van der Waals surface area contributed by atoms with Crippen LogP contribution in [0, 0.1) is 19.9 Å². The van der Waals surface area contributed by atoms with Crippen LogP contribution in [0.4, 0.5) is 0 Å². The van der Waals surface area contributed by atoms with Gasteiger partial charge in [0.15, 0.2) is 0 Å². The minimum Gasteiger partial charge on any atom is -0.180 e. The Balaban J connectivity index is 0.000000640. The van der Waals surface area contributed by atoms with E-state index in [1.165, 1.54) is 11.1 Å². The second-order valence-electron chi connectivity index (χ2n) is 2.05. The van der Waals surface area contributed by atoms with E-state index in [-0.39, 0.29) is 58.2 Å². The molecule has 0 saturated carbocycles. The van der Waals surface area contributed by atoms with Gasteiger partial charge in [0.2, 0.25) is 0 Å². The summed E-state index contributed by atoms with van der Waals surface area (Å²) in [6.07, 6.45) is 0. The summed E-state index contributed by atoms with van der Waals surface area (Å²) < 4.78 is 0. The van der Waals surface area contributed by atoms with Crippen LogP contribution in [-0.4, -0.2) is 0 Å². The normalized spacial score (nSPS) is 8.22. The minimum absolute atomic E-state index is 0. The van der Waals surface area contributed by atoms with Crippen LogP contribution in [0.1, 0.15) is 11.1 Å². The molecule has 0 spiro atoms. The van der Waals surface area contributed by atoms with Crippen molar-refractivity contribution in [3.05, 3.63) is 35.4 Å². The molecule has 1 heteroatoms. The molecule has 0 nitrogen and oxygen atoms in total. The van der Waals surface area contributed by atoms with Crippen molar-refractivity contribution < 1.29 is 58.2 Å². The maximum absolute atomic E-state index is 3.10. The van der Waals surface area contributed by atoms with Gasteiger partial charge < -0.3 is 0 Å². The Bertz CT molecular complexity index is 143. The smallest absolute Gasteiger partial charge is 0.180 e. The van der Waals surface area contributed by atoms with E-state index in [2.05, 4.69) is 25.1 Å². The molecule has 0 aliphatic rings. The summed E-state index contributed by atoms with van der Waals surface area (Å²) >= 11 is 0. The fourth-order valence-corrected chi connectivity index (χ4v) is 0.580. The van der Waals surface area contributed by atoms with Crippen LogP contribution < -0.4 is 58.2 Å². The van der Waals surface area contributed by atoms with E-state index in [0.29, 0.717) is 0 Å². The topological polar surface area (TPSA) is 0 Å². The Hall–Kier alpha value is 1.03. The van der Waals surface area contributed by atoms with Gasteiger partial charge in [0.05, 0.1) is 0 Å². The van der Waals surface area contributed by atoms with Crippen LogP contribution in [0.2, 0.25) is 0 Å². The SMILES string of the molecule is Cc1[c-]cc(C)cc1.[Rb+]. The van der Waals surface area contributed by atoms with Gasteiger partial charge in [-0.25, -0.2) is 0 Å². The first-order valence-corrected chi connectivity index (χ1v) is 2.74. The van der Waals surface area contributed by atoms with Gasteiger partial charge in [-0.05, 0) is 0 Å². The van der Waals surface area contributed by atoms with Gasteiger partial charge >= 0.3 is 58.2 Å². The molecule has 1 aromatic carbocycles. The molecule has 42 valence electrons. The molecular formula is C8H9Rb. The Morgan fingerprint density at radius 3 is 2.22 bits per heavy atom. The van der Waals surface area contributed by atoms with Gasteiger partial charge in [-0.2, -0.15) is 35.4 Å². The quantitative estimate of drug-likeness (QED) is 0.466. The van der Waals surface area contributed by atoms with Gasteiger partial charge in [-0.1, -0.05) is 13.8 Å². The fourth-order valence-electron chi connectivity index (χ4n) is 0.580. The maximum Gasteiger partial charge on any atom is 1.00 e. The zero-order valence-corrected chi connectivity index (χ0v) is 11.1. The first kappa shape index (κ1) is 10.0. The van der Waals surface area contributed by atoms with Crippen molar-refractivity contribution in [2.24, 2.45) is 0 Å². The molecule has 9 heavy (non-hydrogen) atoms. The van der Waals surface area contributed by atoms with Gasteiger partial charge in [-0.3, -0.25) is 0 Å². The average Bonchev–Trinajstić information content (AvgIpc) is 1.77. The Kier molecular flexibility index (Phi) is 5.33. The molecule has 0 saturated heterocycles. The first-order chi connectivity index (χ1) is 3.79. The summed E-state index contributed by atoms with van der Waals surface area (Å²) in [5.74, 6) is 0. The third-order valence-electron chi connectivity index (χ3n) is 1.12. The van der Waals surface area contributed by atoms with Crippen LogP contribution in [-0.2, 0) is 0 Å². The summed E-state index contributed by atoms with van der Waals surface area (Å²) in [5, 5.41) is 0. The molecule has 0 aliphatic heterocycles. The number of hydrogen-bond acceptors (Lipinski definition) is 0. The molecule has 0 amide bonds. The standard InChI is InChI=1S/C8H9.Rb/c1-7-3-5-8(2)6-4-7;/h3-5H,1-2H3;/q-1;+1. The number of benzene rings is 1. The number of hydrogen-bond donors (Lipinski definition) is 0. The second-order valence-corrected chi connectivity index (χ2v) is 2.05. The van der Waals surface area contributed by atoms with E-state index in [1.807, 2.05) is 13.0 Å². The van der Waals surface area contributed by atoms with Gasteiger partial charge in [0.25, 0.3) is 0 Å². The first-order valence-electron chi connectivity index (χ1n) is 2.74. The zero-order chi connectivity index (χ0) is 5.98. The van der Waals surface area contributed by atoms with Crippen molar-refractivity contribution >= 4 is 0 Å². The Morgan fingerprint density at radius 1 is 1.22 bits per heavy atom. The van der Waals surface area contributed by atoms with Crippen molar-refractivity contribution in [3.8, 4) is 0 Å². The van der Waals surface area contributed by atoms with Crippen molar-refractivity contribution in [1.82, 2.24) is 0 Å². The van der Waals surface area contributed by atoms with Crippen molar-refractivity contribution in [1.29, 1.82) is 0 Å². The second kappa shape index (κ2) is 4.78. The van der Waals surface area contributed by atoms with Crippen LogP contribution in [0.5, 0.6) is 0 Å². The molecule has 0 bridgehead atoms. The minimum atomic E-state index is 0. The van der Waals surface area contributed by atoms with E-state index in [9.17, 15) is 0 Å². The molecule has 0 radical (unpaired) electrons. The largest absolute Gasteiger partial charge is 1.00 e. The molecule has 1 aromatic rings. The summed E-state index contributed by atoms with van der Waals surface area (Å²) in [4.78, 5) is 0. The summed E-state index contributed by atoms with van der Waals surface area (Å²) in [6.45, 7) is 4.11. The monoisotopic (exact) mass is 190 g/mol. The molecule has 0 aromatic heterocycles. The van der Waals surface area contributed by atoms with E-state index in [1.54, 1.807) is 0 Å². The van der Waals surface area contributed by atoms with E-state index >= 15 is 0 Å². The third kappa shape index (κ3) is 3.66. The molecular weight excluding hydrogens is 182 g/mol. The number of aryl methyl sites for hydroxylation is 2. The average molecular weight is 191 g/mol. The van der Waals surface area contributed by atoms with Crippen LogP contribution in [0.25, 0.3) is 0 Å². The van der Waals surface area contributed by atoms with Crippen molar-refractivity contribution in [3.63, 3.8) is 0 Å². The van der Waals surface area contributed by atoms with Crippen LogP contribution >= 0.6 is 0 Å². The molecule has 0 N–H and O–H groups in total. The van der Waals surface area contributed by atoms with Crippen molar-refractivity contribution in [2.75, 3.05) is 0 Å². The third-order valence-corrected chi connectivity index (χ3v) is 1.12. The van der Waals surface area contributed by atoms with Crippen LogP contribution in [0.3, 0.4) is 0 Å². The predicted octanol–water partition coefficient (Wildman–Crippen LogP) is -0.892. The van der Waals surface area contributed by atoms with E-state index in [0.717, 1.165) is 0 Å². The Morgan fingerprint density at radius 2 is 1.89 bits per heavy atom. The summed E-state index contributed by atoms with van der Waals surface area (Å²) in [5.41, 5.74) is 2.48. The van der Waals surface area contributed by atoms with Crippen LogP contribution in [0.15, 0.2) is 18.2 Å². The predicted molar refractivity (Wildman–Crippen MR) is 34.8 cm³/mol. The molecule has 0 heterocycles. The molecule has 0 fully saturated rings. The molecule has 1 rings (SSSR count). The molecule has 0 atom stereocenters. The number of rotatable bonds is 0. The van der Waals surface area contributed by atoms with Gasteiger partial charge in [0, 0.05) is 0 Å². The molecule has 0 aliphatic carbocycles. The fraction of sp³-hybridized carbons (Fsp3) is 0.250. The van der Waals surface area contributed by atoms with E-state index in [4.69, 9.17) is 0 Å². The zero-order valence-electron chi connectivity index (χ0n) is 6.23. The van der Waals surface area contributed by atoms with Crippen molar-refractivity contribution in [2.45, 2.75) is 13.8 Å². The van der Waals surface area contributed by atoms with E-state index < -0.39 is 0 Å². The Labute approximate surface area is 105 Å². The van der Waals surface area contributed by atoms with Gasteiger partial charge in [-0.15, -0.1) is 0 Å². The van der Waals surface area contributed by atoms with Gasteiger partial charge in [0.1, 0.15) is 0 Å². The molecule has 0 unspecified atom stereocenters. The maximum atomic E-state index is 3.10.